The molecule has 2 heterocycles. The first-order valence-electron chi connectivity index (χ1n) is 7.22. The molecule has 0 fully saturated rings. The predicted octanol–water partition coefficient (Wildman–Crippen LogP) is 1.16. The third-order valence-corrected chi connectivity index (χ3v) is 3.24. The number of rotatable bonds is 5. The second-order valence-corrected chi connectivity index (χ2v) is 5.26. The molecule has 2 rings (SSSR count). The van der Waals surface area contributed by atoms with E-state index in [0.29, 0.717) is 23.4 Å². The molecular weight excluding hydrogens is 298 g/mol. The van der Waals surface area contributed by atoms with Gasteiger partial charge in [0.1, 0.15) is 5.76 Å². The maximum absolute atomic E-state index is 12.1. The minimum absolute atomic E-state index is 0.133. The number of pyridine rings is 1. The Hall–Kier alpha value is -2.83. The Bertz CT molecular complexity index is 774. The van der Waals surface area contributed by atoms with Crippen molar-refractivity contribution in [3.05, 3.63) is 57.4 Å². The summed E-state index contributed by atoms with van der Waals surface area (Å²) in [6.07, 6.45) is 0.630. The minimum Gasteiger partial charge on any atom is -0.454 e. The number of nitrogens with zero attached hydrogens (tertiary/aromatic N) is 1. The van der Waals surface area contributed by atoms with E-state index in [1.807, 2.05) is 6.92 Å². The molecule has 0 aromatic carbocycles. The van der Waals surface area contributed by atoms with Crippen LogP contribution in [0.25, 0.3) is 0 Å². The highest BCUT2D eigenvalue weighted by Crippen LogP contribution is 2.10. The molecule has 0 spiro atoms. The fourth-order valence-corrected chi connectivity index (χ4v) is 2.00. The van der Waals surface area contributed by atoms with Crippen LogP contribution in [0.1, 0.15) is 39.3 Å². The van der Waals surface area contributed by atoms with Crippen LogP contribution in [0.2, 0.25) is 0 Å². The first kappa shape index (κ1) is 16.5. The van der Waals surface area contributed by atoms with Crippen molar-refractivity contribution in [2.75, 3.05) is 14.1 Å². The van der Waals surface area contributed by atoms with Crippen molar-refractivity contribution in [1.82, 2.24) is 15.2 Å². The summed E-state index contributed by atoms with van der Waals surface area (Å²) in [5.41, 5.74) is 0.674. The molecule has 0 saturated heterocycles. The van der Waals surface area contributed by atoms with Gasteiger partial charge in [-0.05, 0) is 24.6 Å². The number of amides is 2. The molecule has 7 nitrogen and oxygen atoms in total. The molecule has 0 saturated carbocycles. The van der Waals surface area contributed by atoms with Crippen LogP contribution in [-0.4, -0.2) is 35.8 Å². The van der Waals surface area contributed by atoms with Crippen LogP contribution in [0.3, 0.4) is 0 Å². The number of furan rings is 1. The van der Waals surface area contributed by atoms with Crippen molar-refractivity contribution in [2.45, 2.75) is 19.9 Å². The maximum Gasteiger partial charge on any atom is 0.289 e. The van der Waals surface area contributed by atoms with E-state index in [-0.39, 0.29) is 29.7 Å². The van der Waals surface area contributed by atoms with E-state index in [9.17, 15) is 14.4 Å². The fraction of sp³-hybridized carbons (Fsp3) is 0.312. The van der Waals surface area contributed by atoms with Gasteiger partial charge in [-0.1, -0.05) is 6.92 Å². The minimum atomic E-state index is -0.373. The van der Waals surface area contributed by atoms with Gasteiger partial charge in [0.05, 0.1) is 6.54 Å². The molecule has 2 amide bonds. The molecule has 23 heavy (non-hydrogen) atoms. The summed E-state index contributed by atoms with van der Waals surface area (Å²) in [6, 6.07) is 6.08. The summed E-state index contributed by atoms with van der Waals surface area (Å²) in [5, 5.41) is 2.66. The Morgan fingerprint density at radius 2 is 2.00 bits per heavy atom. The first-order valence-corrected chi connectivity index (χ1v) is 7.22. The van der Waals surface area contributed by atoms with Crippen LogP contribution < -0.4 is 10.9 Å². The van der Waals surface area contributed by atoms with Crippen molar-refractivity contribution in [2.24, 2.45) is 0 Å². The second-order valence-electron chi connectivity index (χ2n) is 5.26. The van der Waals surface area contributed by atoms with Gasteiger partial charge < -0.3 is 19.6 Å². The summed E-state index contributed by atoms with van der Waals surface area (Å²) < 4.78 is 5.39. The number of hydrogen-bond donors (Lipinski definition) is 2. The molecular formula is C16H19N3O4. The molecule has 0 atom stereocenters. The van der Waals surface area contributed by atoms with Gasteiger partial charge in [-0.15, -0.1) is 0 Å². The van der Waals surface area contributed by atoms with E-state index in [1.165, 1.54) is 11.0 Å². The van der Waals surface area contributed by atoms with Crippen LogP contribution in [0.15, 0.2) is 33.5 Å². The highest BCUT2D eigenvalue weighted by Gasteiger charge is 2.14. The summed E-state index contributed by atoms with van der Waals surface area (Å²) in [4.78, 5) is 39.4. The molecule has 0 aliphatic rings. The van der Waals surface area contributed by atoms with Crippen molar-refractivity contribution in [3.63, 3.8) is 0 Å². The van der Waals surface area contributed by atoms with Gasteiger partial charge in [0.25, 0.3) is 11.8 Å². The molecule has 2 aromatic heterocycles. The van der Waals surface area contributed by atoms with Crippen LogP contribution in [-0.2, 0) is 13.0 Å². The number of aryl methyl sites for hydroxylation is 1. The lowest BCUT2D eigenvalue weighted by Crippen LogP contribution is -2.25. The average Bonchev–Trinajstić information content (AvgIpc) is 2.99. The summed E-state index contributed by atoms with van der Waals surface area (Å²) >= 11 is 0. The number of aromatic nitrogens is 1. The number of nitrogens with one attached hydrogen (secondary N) is 2. The highest BCUT2D eigenvalue weighted by atomic mass is 16.4. The van der Waals surface area contributed by atoms with E-state index in [1.54, 1.807) is 32.3 Å². The van der Waals surface area contributed by atoms with E-state index >= 15 is 0 Å². The molecule has 0 aliphatic carbocycles. The van der Waals surface area contributed by atoms with E-state index < -0.39 is 0 Å². The lowest BCUT2D eigenvalue weighted by Gasteiger charge is -2.07. The summed E-state index contributed by atoms with van der Waals surface area (Å²) in [5.74, 6) is 0.0558. The lowest BCUT2D eigenvalue weighted by atomic mass is 10.2. The predicted molar refractivity (Wildman–Crippen MR) is 84.3 cm³/mol. The lowest BCUT2D eigenvalue weighted by molar-refractivity contribution is 0.0794. The van der Waals surface area contributed by atoms with Crippen LogP contribution in [0.4, 0.5) is 0 Å². The second kappa shape index (κ2) is 6.95. The zero-order valence-corrected chi connectivity index (χ0v) is 13.3. The van der Waals surface area contributed by atoms with Gasteiger partial charge in [-0.3, -0.25) is 14.4 Å². The largest absolute Gasteiger partial charge is 0.454 e. The van der Waals surface area contributed by atoms with E-state index in [2.05, 4.69) is 10.3 Å². The summed E-state index contributed by atoms with van der Waals surface area (Å²) in [7, 11) is 3.26. The van der Waals surface area contributed by atoms with Gasteiger partial charge in [0.15, 0.2) is 5.76 Å². The van der Waals surface area contributed by atoms with Crippen LogP contribution >= 0.6 is 0 Å². The number of hydrogen-bond acceptors (Lipinski definition) is 4. The van der Waals surface area contributed by atoms with Crippen LogP contribution in [0.5, 0.6) is 0 Å². The van der Waals surface area contributed by atoms with Gasteiger partial charge in [0.2, 0.25) is 5.56 Å². The molecule has 0 bridgehead atoms. The Kier molecular flexibility index (Phi) is 5.00. The fourth-order valence-electron chi connectivity index (χ4n) is 2.00. The Morgan fingerprint density at radius 3 is 2.65 bits per heavy atom. The third kappa shape index (κ3) is 4.09. The van der Waals surface area contributed by atoms with Gasteiger partial charge >= 0.3 is 0 Å². The molecule has 2 N–H and O–H groups in total. The molecule has 0 aliphatic heterocycles. The Balaban J connectivity index is 2.04. The normalized spacial score (nSPS) is 10.4. The average molecular weight is 317 g/mol. The Labute approximate surface area is 133 Å². The number of carbonyl (C=O) groups is 2. The van der Waals surface area contributed by atoms with Gasteiger partial charge in [-0.25, -0.2) is 0 Å². The maximum atomic E-state index is 12.1. The summed E-state index contributed by atoms with van der Waals surface area (Å²) in [6.45, 7) is 2.02. The third-order valence-electron chi connectivity index (χ3n) is 3.24. The molecule has 2 aromatic rings. The number of aromatic amines is 1. The smallest absolute Gasteiger partial charge is 0.289 e. The van der Waals surface area contributed by atoms with Crippen molar-refractivity contribution in [1.29, 1.82) is 0 Å². The van der Waals surface area contributed by atoms with Gasteiger partial charge in [0, 0.05) is 31.4 Å². The first-order chi connectivity index (χ1) is 10.9. The molecule has 122 valence electrons. The van der Waals surface area contributed by atoms with Gasteiger partial charge in [-0.2, -0.15) is 0 Å². The Morgan fingerprint density at radius 1 is 1.26 bits per heavy atom. The standard InChI is InChI=1S/C16H19N3O4/c1-4-11-7-10(8-14(20)18-11)15(21)17-9-12-5-6-13(23-12)16(22)19(2)3/h5-8H,4,9H2,1-3H3,(H,17,21)(H,18,20). The number of H-pyrrole nitrogens is 1. The molecule has 0 radical (unpaired) electrons. The quantitative estimate of drug-likeness (QED) is 0.865. The highest BCUT2D eigenvalue weighted by molar-refractivity contribution is 5.94. The molecule has 0 unspecified atom stereocenters. The van der Waals surface area contributed by atoms with Crippen molar-refractivity contribution >= 4 is 11.8 Å². The van der Waals surface area contributed by atoms with Crippen molar-refractivity contribution in [3.8, 4) is 0 Å². The van der Waals surface area contributed by atoms with Crippen molar-refractivity contribution < 1.29 is 14.0 Å². The zero-order valence-electron chi connectivity index (χ0n) is 13.3. The molecule has 7 heteroatoms. The monoisotopic (exact) mass is 317 g/mol. The SMILES string of the molecule is CCc1cc(C(=O)NCc2ccc(C(=O)N(C)C)o2)cc(=O)[nH]1. The topological polar surface area (TPSA) is 95.4 Å². The van der Waals surface area contributed by atoms with Crippen LogP contribution in [0, 0.1) is 0 Å². The van der Waals surface area contributed by atoms with E-state index in [0.717, 1.165) is 0 Å². The number of carbonyl (C=O) groups excluding carboxylic acids is 2. The van der Waals surface area contributed by atoms with E-state index in [4.69, 9.17) is 4.42 Å². The zero-order chi connectivity index (χ0) is 17.0.